The van der Waals surface area contributed by atoms with Crippen LogP contribution in [0.5, 0.6) is 0 Å². The van der Waals surface area contributed by atoms with E-state index in [1.165, 1.54) is 51.4 Å². The first kappa shape index (κ1) is 43.2. The number of amides is 1. The van der Waals surface area contributed by atoms with Gasteiger partial charge in [0.05, 0.1) is 25.4 Å². The molecule has 1 heterocycles. The summed E-state index contributed by atoms with van der Waals surface area (Å²) in [7, 11) is 0. The summed E-state index contributed by atoms with van der Waals surface area (Å²) in [6.45, 7) is 3.50. The second-order valence-corrected chi connectivity index (χ2v) is 12.7. The van der Waals surface area contributed by atoms with Gasteiger partial charge in [0.1, 0.15) is 24.4 Å². The molecule has 1 rings (SSSR count). The Kier molecular flexibility index (Phi) is 26.7. The first-order valence-corrected chi connectivity index (χ1v) is 18.4. The van der Waals surface area contributed by atoms with Crippen molar-refractivity contribution in [3.05, 3.63) is 48.6 Å². The Bertz CT molecular complexity index is 874. The Balaban J connectivity index is 2.23. The molecule has 6 N–H and O–H groups in total. The Hall–Kier alpha value is -1.85. The number of hydrogen-bond donors (Lipinski definition) is 6. The molecule has 0 spiro atoms. The number of carbonyl (C=O) groups is 1. The van der Waals surface area contributed by atoms with Gasteiger partial charge in [0.15, 0.2) is 6.29 Å². The van der Waals surface area contributed by atoms with Gasteiger partial charge in [0, 0.05) is 6.42 Å². The first-order chi connectivity index (χ1) is 22.8. The zero-order valence-electron chi connectivity index (χ0n) is 29.3. The van der Waals surface area contributed by atoms with Crippen LogP contribution in [0, 0.1) is 0 Å². The fraction of sp³-hybridized carbons (Fsp3) is 0.763. The van der Waals surface area contributed by atoms with Gasteiger partial charge in [-0.25, -0.2) is 0 Å². The third-order valence-corrected chi connectivity index (χ3v) is 8.38. The highest BCUT2D eigenvalue weighted by Gasteiger charge is 2.44. The summed E-state index contributed by atoms with van der Waals surface area (Å²) >= 11 is 0. The molecule has 1 aliphatic heterocycles. The van der Waals surface area contributed by atoms with Gasteiger partial charge in [-0.2, -0.15) is 0 Å². The quantitative estimate of drug-likeness (QED) is 0.0445. The second kappa shape index (κ2) is 29.1. The van der Waals surface area contributed by atoms with Gasteiger partial charge >= 0.3 is 0 Å². The van der Waals surface area contributed by atoms with Crippen LogP contribution < -0.4 is 5.32 Å². The lowest BCUT2D eigenvalue weighted by molar-refractivity contribution is -0.302. The molecule has 0 aliphatic carbocycles. The molecule has 0 bridgehead atoms. The summed E-state index contributed by atoms with van der Waals surface area (Å²) in [5.41, 5.74) is 0. The van der Waals surface area contributed by atoms with Crippen molar-refractivity contribution in [2.24, 2.45) is 0 Å². The number of aliphatic hydroxyl groups excluding tert-OH is 5. The molecule has 1 fully saturated rings. The summed E-state index contributed by atoms with van der Waals surface area (Å²) in [5, 5.41) is 53.2. The van der Waals surface area contributed by atoms with E-state index in [4.69, 9.17) is 9.47 Å². The minimum absolute atomic E-state index is 0.201. The lowest BCUT2D eigenvalue weighted by atomic mass is 9.99. The monoisotopic (exact) mass is 665 g/mol. The fourth-order valence-electron chi connectivity index (χ4n) is 5.34. The van der Waals surface area contributed by atoms with E-state index in [1.807, 2.05) is 13.0 Å². The Morgan fingerprint density at radius 2 is 1.30 bits per heavy atom. The van der Waals surface area contributed by atoms with Gasteiger partial charge in [-0.05, 0) is 51.4 Å². The molecular formula is C38H67NO8. The van der Waals surface area contributed by atoms with E-state index in [0.29, 0.717) is 6.42 Å². The first-order valence-electron chi connectivity index (χ1n) is 18.4. The van der Waals surface area contributed by atoms with Gasteiger partial charge in [0.2, 0.25) is 5.91 Å². The minimum Gasteiger partial charge on any atom is -0.394 e. The molecule has 272 valence electrons. The van der Waals surface area contributed by atoms with E-state index < -0.39 is 49.5 Å². The fourth-order valence-corrected chi connectivity index (χ4v) is 5.34. The minimum atomic E-state index is -1.57. The third-order valence-electron chi connectivity index (χ3n) is 8.38. The zero-order chi connectivity index (χ0) is 34.5. The SMILES string of the molecule is CCC/C=C/C(O)C(COC1OC(CO)C(O)C(O)C1O)NC(=O)CCCCCCCC/C=C\C/C=C\C/C=C\CCCCCCC. The topological polar surface area (TPSA) is 149 Å². The number of nitrogens with one attached hydrogen (secondary N) is 1. The van der Waals surface area contributed by atoms with Crippen molar-refractivity contribution >= 4 is 5.91 Å². The maximum absolute atomic E-state index is 12.7. The molecule has 0 radical (unpaired) electrons. The average Bonchev–Trinajstić information content (AvgIpc) is 3.07. The van der Waals surface area contributed by atoms with Gasteiger partial charge in [-0.15, -0.1) is 0 Å². The third kappa shape index (κ3) is 21.0. The molecule has 0 aromatic carbocycles. The van der Waals surface area contributed by atoms with Crippen LogP contribution in [0.15, 0.2) is 48.6 Å². The molecular weight excluding hydrogens is 598 g/mol. The molecule has 0 saturated carbocycles. The summed E-state index contributed by atoms with van der Waals surface area (Å²) < 4.78 is 11.0. The van der Waals surface area contributed by atoms with Crippen molar-refractivity contribution < 1.29 is 39.8 Å². The Labute approximate surface area is 284 Å². The van der Waals surface area contributed by atoms with Crippen LogP contribution in [0.4, 0.5) is 0 Å². The molecule has 7 unspecified atom stereocenters. The predicted molar refractivity (Wildman–Crippen MR) is 189 cm³/mol. The average molecular weight is 666 g/mol. The highest BCUT2D eigenvalue weighted by atomic mass is 16.7. The zero-order valence-corrected chi connectivity index (χ0v) is 29.3. The number of rotatable bonds is 28. The molecule has 1 saturated heterocycles. The number of aliphatic hydroxyl groups is 5. The maximum Gasteiger partial charge on any atom is 0.220 e. The van der Waals surface area contributed by atoms with E-state index in [1.54, 1.807) is 6.08 Å². The van der Waals surface area contributed by atoms with E-state index in [9.17, 15) is 30.3 Å². The van der Waals surface area contributed by atoms with Crippen molar-refractivity contribution in [3.63, 3.8) is 0 Å². The van der Waals surface area contributed by atoms with E-state index in [0.717, 1.165) is 57.8 Å². The van der Waals surface area contributed by atoms with Crippen LogP contribution >= 0.6 is 0 Å². The highest BCUT2D eigenvalue weighted by Crippen LogP contribution is 2.22. The van der Waals surface area contributed by atoms with E-state index in [-0.39, 0.29) is 12.5 Å². The lowest BCUT2D eigenvalue weighted by Crippen LogP contribution is -2.60. The number of hydrogen-bond acceptors (Lipinski definition) is 8. The van der Waals surface area contributed by atoms with Gasteiger partial charge in [0.25, 0.3) is 0 Å². The van der Waals surface area contributed by atoms with Crippen LogP contribution in [-0.4, -0.2) is 87.5 Å². The summed E-state index contributed by atoms with van der Waals surface area (Å²) in [5.74, 6) is -0.205. The summed E-state index contributed by atoms with van der Waals surface area (Å²) in [6, 6.07) is -0.807. The van der Waals surface area contributed by atoms with Gasteiger partial charge in [-0.1, -0.05) is 120 Å². The van der Waals surface area contributed by atoms with Crippen LogP contribution in [0.2, 0.25) is 0 Å². The van der Waals surface area contributed by atoms with Crippen molar-refractivity contribution in [2.75, 3.05) is 13.2 Å². The number of unbranched alkanes of at least 4 members (excludes halogenated alkanes) is 12. The van der Waals surface area contributed by atoms with Gasteiger partial charge in [-0.3, -0.25) is 4.79 Å². The Morgan fingerprint density at radius 1 is 0.723 bits per heavy atom. The molecule has 0 aromatic rings. The van der Waals surface area contributed by atoms with Gasteiger partial charge < -0.3 is 40.3 Å². The molecule has 0 aromatic heterocycles. The standard InChI is InChI=1S/C38H67NO8/c1-3-5-7-8-9-10-11-12-13-14-15-16-17-18-19-20-21-22-23-24-26-28-34(42)39-31(32(41)27-25-6-4-2)30-46-38-37(45)36(44)35(43)33(29-40)47-38/h11-12,14-15,17-18,25,27,31-33,35-38,40-41,43-45H,3-10,13,16,19-24,26,28-30H2,1-2H3,(H,39,42)/b12-11-,15-14-,18-17-,27-25+. The smallest absolute Gasteiger partial charge is 0.220 e. The predicted octanol–water partition coefficient (Wildman–Crippen LogP) is 5.94. The normalized spacial score (nSPS) is 23.4. The lowest BCUT2D eigenvalue weighted by Gasteiger charge is -2.40. The van der Waals surface area contributed by atoms with Crippen LogP contribution in [-0.2, 0) is 14.3 Å². The highest BCUT2D eigenvalue weighted by molar-refractivity contribution is 5.76. The van der Waals surface area contributed by atoms with Crippen LogP contribution in [0.3, 0.4) is 0 Å². The number of allylic oxidation sites excluding steroid dienone is 7. The van der Waals surface area contributed by atoms with Crippen LogP contribution in [0.25, 0.3) is 0 Å². The molecule has 7 atom stereocenters. The van der Waals surface area contributed by atoms with Crippen molar-refractivity contribution in [1.82, 2.24) is 5.32 Å². The summed E-state index contributed by atoms with van der Waals surface area (Å²) in [6.07, 6.45) is 28.1. The Morgan fingerprint density at radius 3 is 1.89 bits per heavy atom. The molecule has 1 aliphatic rings. The van der Waals surface area contributed by atoms with Crippen molar-refractivity contribution in [2.45, 2.75) is 172 Å². The van der Waals surface area contributed by atoms with Crippen molar-refractivity contribution in [1.29, 1.82) is 0 Å². The van der Waals surface area contributed by atoms with Crippen LogP contribution in [0.1, 0.15) is 129 Å². The molecule has 1 amide bonds. The van der Waals surface area contributed by atoms with Crippen molar-refractivity contribution in [3.8, 4) is 0 Å². The largest absolute Gasteiger partial charge is 0.394 e. The number of carbonyl (C=O) groups excluding carboxylic acids is 1. The molecule has 9 nitrogen and oxygen atoms in total. The van der Waals surface area contributed by atoms with E-state index in [2.05, 4.69) is 48.7 Å². The maximum atomic E-state index is 12.7. The molecule has 47 heavy (non-hydrogen) atoms. The molecule has 9 heteroatoms. The second-order valence-electron chi connectivity index (χ2n) is 12.7. The number of ether oxygens (including phenoxy) is 2. The van der Waals surface area contributed by atoms with E-state index >= 15 is 0 Å². The summed E-state index contributed by atoms with van der Waals surface area (Å²) in [4.78, 5) is 12.7.